The molecule has 1 aromatic carbocycles. The van der Waals surface area contributed by atoms with Crippen LogP contribution in [-0.2, 0) is 9.05 Å². The van der Waals surface area contributed by atoms with Crippen molar-refractivity contribution in [1.82, 2.24) is 9.78 Å². The maximum atomic E-state index is 13.0. The summed E-state index contributed by atoms with van der Waals surface area (Å²) in [5.41, 5.74) is 0.210. The third kappa shape index (κ3) is 2.07. The van der Waals surface area contributed by atoms with Crippen molar-refractivity contribution in [3.63, 3.8) is 0 Å². The van der Waals surface area contributed by atoms with Crippen molar-refractivity contribution in [2.75, 3.05) is 0 Å². The Bertz CT molecular complexity index is 610. The van der Waals surface area contributed by atoms with E-state index in [0.29, 0.717) is 0 Å². The van der Waals surface area contributed by atoms with Gasteiger partial charge in [-0.3, -0.25) is 0 Å². The number of halogens is 2. The zero-order valence-electron chi connectivity index (χ0n) is 7.84. The minimum Gasteiger partial charge on any atom is -0.240 e. The van der Waals surface area contributed by atoms with Gasteiger partial charge in [-0.15, -0.1) is 0 Å². The fourth-order valence-electron chi connectivity index (χ4n) is 1.28. The molecule has 7 heteroatoms. The van der Waals surface area contributed by atoms with E-state index in [1.807, 2.05) is 0 Å². The van der Waals surface area contributed by atoms with Crippen LogP contribution in [0.3, 0.4) is 0 Å². The number of benzene rings is 1. The van der Waals surface area contributed by atoms with E-state index in [-0.39, 0.29) is 10.6 Å². The molecule has 4 nitrogen and oxygen atoms in total. The Morgan fingerprint density at radius 1 is 1.38 bits per heavy atom. The van der Waals surface area contributed by atoms with Crippen LogP contribution in [0.4, 0.5) is 4.39 Å². The van der Waals surface area contributed by atoms with Gasteiger partial charge >= 0.3 is 0 Å². The second-order valence-corrected chi connectivity index (χ2v) is 5.53. The molecule has 1 heterocycles. The second-order valence-electron chi connectivity index (χ2n) is 3.00. The highest BCUT2D eigenvalue weighted by molar-refractivity contribution is 8.13. The van der Waals surface area contributed by atoms with Gasteiger partial charge in [0, 0.05) is 23.1 Å². The molecule has 0 radical (unpaired) electrons. The van der Waals surface area contributed by atoms with E-state index in [0.717, 1.165) is 12.1 Å². The number of aromatic nitrogens is 2. The van der Waals surface area contributed by atoms with Crippen molar-refractivity contribution in [1.29, 1.82) is 0 Å². The zero-order chi connectivity index (χ0) is 11.8. The van der Waals surface area contributed by atoms with Gasteiger partial charge in [0.05, 0.1) is 5.69 Å². The van der Waals surface area contributed by atoms with Crippen LogP contribution in [0.25, 0.3) is 5.69 Å². The first-order chi connectivity index (χ1) is 7.48. The quantitative estimate of drug-likeness (QED) is 0.776. The van der Waals surface area contributed by atoms with E-state index in [4.69, 9.17) is 10.7 Å². The van der Waals surface area contributed by atoms with E-state index in [1.54, 1.807) is 12.3 Å². The lowest BCUT2D eigenvalue weighted by Gasteiger charge is -2.06. The normalized spacial score (nSPS) is 11.6. The molecule has 0 saturated heterocycles. The van der Waals surface area contributed by atoms with Crippen molar-refractivity contribution in [2.24, 2.45) is 0 Å². The molecule has 2 rings (SSSR count). The molecule has 0 bridgehead atoms. The molecule has 0 fully saturated rings. The fraction of sp³-hybridized carbons (Fsp3) is 0. The average Bonchev–Trinajstić information content (AvgIpc) is 2.69. The Balaban J connectivity index is 2.72. The van der Waals surface area contributed by atoms with Crippen LogP contribution in [-0.4, -0.2) is 18.2 Å². The van der Waals surface area contributed by atoms with E-state index >= 15 is 0 Å². The van der Waals surface area contributed by atoms with Gasteiger partial charge in [-0.2, -0.15) is 5.10 Å². The summed E-state index contributed by atoms with van der Waals surface area (Å²) < 4.78 is 36.8. The molecule has 0 spiro atoms. The number of hydrogen-bond acceptors (Lipinski definition) is 3. The van der Waals surface area contributed by atoms with E-state index < -0.39 is 14.9 Å². The lowest BCUT2D eigenvalue weighted by molar-refractivity contribution is 0.600. The Labute approximate surface area is 95.7 Å². The first kappa shape index (κ1) is 11.1. The predicted octanol–water partition coefficient (Wildman–Crippen LogP) is 1.94. The Hall–Kier alpha value is -1.40. The van der Waals surface area contributed by atoms with Crippen LogP contribution in [0.1, 0.15) is 0 Å². The van der Waals surface area contributed by atoms with Gasteiger partial charge in [-0.1, -0.05) is 0 Å². The largest absolute Gasteiger partial charge is 0.263 e. The van der Waals surface area contributed by atoms with E-state index in [9.17, 15) is 12.8 Å². The van der Waals surface area contributed by atoms with Gasteiger partial charge < -0.3 is 0 Å². The molecule has 0 aliphatic rings. The minimum atomic E-state index is -4.01. The van der Waals surface area contributed by atoms with Gasteiger partial charge in [0.2, 0.25) is 0 Å². The van der Waals surface area contributed by atoms with Crippen LogP contribution in [0, 0.1) is 5.82 Å². The predicted molar refractivity (Wildman–Crippen MR) is 56.6 cm³/mol. The molecular weight excluding hydrogens is 255 g/mol. The van der Waals surface area contributed by atoms with Gasteiger partial charge in [0.1, 0.15) is 10.7 Å². The van der Waals surface area contributed by atoms with E-state index in [2.05, 4.69) is 5.10 Å². The summed E-state index contributed by atoms with van der Waals surface area (Å²) in [4.78, 5) is -0.308. The smallest absolute Gasteiger partial charge is 0.240 e. The van der Waals surface area contributed by atoms with Crippen LogP contribution in [0.5, 0.6) is 0 Å². The Morgan fingerprint density at radius 2 is 2.12 bits per heavy atom. The molecule has 0 unspecified atom stereocenters. The molecule has 0 aliphatic carbocycles. The van der Waals surface area contributed by atoms with E-state index in [1.165, 1.54) is 16.9 Å². The summed E-state index contributed by atoms with van der Waals surface area (Å²) in [5.74, 6) is -0.671. The summed E-state index contributed by atoms with van der Waals surface area (Å²) in [7, 11) is 1.21. The van der Waals surface area contributed by atoms with Crippen LogP contribution in [0.15, 0.2) is 41.6 Å². The molecular formula is C9H6ClFN2O2S. The molecule has 16 heavy (non-hydrogen) atoms. The van der Waals surface area contributed by atoms with Crippen molar-refractivity contribution in [3.8, 4) is 5.69 Å². The summed E-state index contributed by atoms with van der Waals surface area (Å²) in [5, 5.41) is 3.86. The maximum Gasteiger partial charge on any atom is 0.263 e. The third-order valence-electron chi connectivity index (χ3n) is 1.94. The highest BCUT2D eigenvalue weighted by Gasteiger charge is 2.18. The molecule has 0 saturated carbocycles. The van der Waals surface area contributed by atoms with Gasteiger partial charge in [0.15, 0.2) is 0 Å². The molecule has 0 N–H and O–H groups in total. The SMILES string of the molecule is O=S(=O)(Cl)c1cc(F)ccc1-n1cccn1. The maximum absolute atomic E-state index is 13.0. The molecule has 1 aromatic heterocycles. The number of hydrogen-bond donors (Lipinski definition) is 0. The first-order valence-electron chi connectivity index (χ1n) is 4.23. The van der Waals surface area contributed by atoms with Gasteiger partial charge in [-0.05, 0) is 24.3 Å². The van der Waals surface area contributed by atoms with Crippen molar-refractivity contribution in [2.45, 2.75) is 4.90 Å². The molecule has 0 amide bonds. The van der Waals surface area contributed by atoms with Crippen molar-refractivity contribution in [3.05, 3.63) is 42.5 Å². The highest BCUT2D eigenvalue weighted by Crippen LogP contribution is 2.23. The second kappa shape index (κ2) is 3.88. The van der Waals surface area contributed by atoms with Crippen molar-refractivity contribution >= 4 is 19.7 Å². The Kier molecular flexibility index (Phi) is 2.69. The standard InChI is InChI=1S/C9H6ClFN2O2S/c10-16(14,15)9-6-7(11)2-3-8(9)13-5-1-4-12-13/h1-6H. The van der Waals surface area contributed by atoms with Crippen LogP contribution in [0.2, 0.25) is 0 Å². The van der Waals surface area contributed by atoms with Crippen molar-refractivity contribution < 1.29 is 12.8 Å². The monoisotopic (exact) mass is 260 g/mol. The fourth-order valence-corrected chi connectivity index (χ4v) is 2.32. The summed E-state index contributed by atoms with van der Waals surface area (Å²) >= 11 is 0. The zero-order valence-corrected chi connectivity index (χ0v) is 9.41. The number of rotatable bonds is 2. The minimum absolute atomic E-state index is 0.210. The average molecular weight is 261 g/mol. The molecule has 84 valence electrons. The topological polar surface area (TPSA) is 52.0 Å². The molecule has 0 aliphatic heterocycles. The molecule has 2 aromatic rings. The first-order valence-corrected chi connectivity index (χ1v) is 6.53. The summed E-state index contributed by atoms with van der Waals surface area (Å²) in [6.07, 6.45) is 3.02. The number of nitrogens with zero attached hydrogens (tertiary/aromatic N) is 2. The summed E-state index contributed by atoms with van der Waals surface area (Å²) in [6, 6.07) is 4.92. The molecule has 0 atom stereocenters. The lowest BCUT2D eigenvalue weighted by atomic mass is 10.3. The summed E-state index contributed by atoms with van der Waals surface area (Å²) in [6.45, 7) is 0. The lowest BCUT2D eigenvalue weighted by Crippen LogP contribution is -2.03. The van der Waals surface area contributed by atoms with Gasteiger partial charge in [0.25, 0.3) is 9.05 Å². The van der Waals surface area contributed by atoms with Crippen LogP contribution < -0.4 is 0 Å². The Morgan fingerprint density at radius 3 is 2.69 bits per heavy atom. The highest BCUT2D eigenvalue weighted by atomic mass is 35.7. The van der Waals surface area contributed by atoms with Gasteiger partial charge in [-0.25, -0.2) is 17.5 Å². The van der Waals surface area contributed by atoms with Crippen LogP contribution >= 0.6 is 10.7 Å². The third-order valence-corrected chi connectivity index (χ3v) is 3.29.